The lowest BCUT2D eigenvalue weighted by atomic mass is 10.0. The van der Waals surface area contributed by atoms with E-state index in [-0.39, 0.29) is 0 Å². The van der Waals surface area contributed by atoms with Crippen LogP contribution in [0.1, 0.15) is 42.1 Å². The van der Waals surface area contributed by atoms with Crippen LogP contribution in [-0.2, 0) is 6.54 Å². The molecule has 2 aliphatic heterocycles. The van der Waals surface area contributed by atoms with Gasteiger partial charge in [0.05, 0.1) is 35.5 Å². The van der Waals surface area contributed by atoms with E-state index in [0.29, 0.717) is 22.5 Å². The minimum atomic E-state index is 0.309. The smallest absolute Gasteiger partial charge is 0.326 e. The third kappa shape index (κ3) is 3.09. The molecule has 2 saturated heterocycles. The van der Waals surface area contributed by atoms with Gasteiger partial charge in [0.2, 0.25) is 0 Å². The molecule has 3 heterocycles. The van der Waals surface area contributed by atoms with Gasteiger partial charge in [0, 0.05) is 38.9 Å². The molecule has 1 unspecified atom stereocenters. The van der Waals surface area contributed by atoms with Crippen LogP contribution in [0.25, 0.3) is 11.0 Å². The highest BCUT2D eigenvalue weighted by Crippen LogP contribution is 2.35. The van der Waals surface area contributed by atoms with E-state index >= 15 is 0 Å². The number of para-hydroxylation sites is 2. The van der Waals surface area contributed by atoms with Crippen molar-refractivity contribution in [3.05, 3.63) is 66.0 Å². The number of imidazole rings is 1. The van der Waals surface area contributed by atoms with Gasteiger partial charge < -0.3 is 9.88 Å². The van der Waals surface area contributed by atoms with Crippen LogP contribution < -0.4 is 5.32 Å². The van der Waals surface area contributed by atoms with E-state index in [1.54, 1.807) is 0 Å². The van der Waals surface area contributed by atoms with Gasteiger partial charge in [0.15, 0.2) is 0 Å². The summed E-state index contributed by atoms with van der Waals surface area (Å²) >= 11 is 0. The number of aromatic nitrogens is 2. The fourth-order valence-corrected chi connectivity index (χ4v) is 5.47. The molecule has 3 atom stereocenters. The van der Waals surface area contributed by atoms with Crippen LogP contribution in [0, 0.1) is 0 Å². The molecule has 0 radical (unpaired) electrons. The molecule has 0 aliphatic carbocycles. The number of nitrogens with one attached hydrogen (secondary N) is 1. The molecule has 0 saturated carbocycles. The Hall–Kier alpha value is -2.50. The van der Waals surface area contributed by atoms with Crippen molar-refractivity contribution >= 4 is 16.9 Å². The first-order valence-electron chi connectivity index (χ1n) is 10.8. The van der Waals surface area contributed by atoms with Crippen LogP contribution in [0.4, 0.5) is 0 Å². The molecule has 150 valence electrons. The van der Waals surface area contributed by atoms with Crippen LogP contribution in [-0.4, -0.2) is 51.7 Å². The predicted molar refractivity (Wildman–Crippen MR) is 115 cm³/mol. The Balaban J connectivity index is 1.40. The molecule has 0 bridgehead atoms. The Bertz CT molecular complexity index is 1020. The summed E-state index contributed by atoms with van der Waals surface area (Å²) in [4.78, 5) is 18.2. The van der Waals surface area contributed by atoms with Crippen LogP contribution >= 0.6 is 0 Å². The first-order chi connectivity index (χ1) is 14.2. The number of hydrogen-bond acceptors (Lipinski definition) is 3. The van der Waals surface area contributed by atoms with Crippen molar-refractivity contribution in [2.45, 2.75) is 44.8 Å². The molecule has 2 fully saturated rings. The normalized spacial score (nSPS) is 26.9. The molecule has 5 rings (SSSR count). The maximum Gasteiger partial charge on any atom is 0.346 e. The van der Waals surface area contributed by atoms with Gasteiger partial charge in [-0.2, -0.15) is 0 Å². The molecule has 3 aromatic rings. The number of amides is 1. The van der Waals surface area contributed by atoms with Crippen molar-refractivity contribution in [3.63, 3.8) is 0 Å². The number of nitrogens with zero attached hydrogens (tertiary/aromatic N) is 3. The predicted octanol–water partition coefficient (Wildman–Crippen LogP) is 3.59. The van der Waals surface area contributed by atoms with Crippen molar-refractivity contribution in [3.8, 4) is 0 Å². The van der Waals surface area contributed by atoms with Gasteiger partial charge in [-0.15, -0.1) is 0 Å². The zero-order valence-electron chi connectivity index (χ0n) is 17.1. The average molecular weight is 390 g/mol. The summed E-state index contributed by atoms with van der Waals surface area (Å²) in [5.41, 5.74) is 4.19. The SMILES string of the molecule is C[C@@H]1CCC[N+]1(C(=O)c1ccc(Cn2cnc3ccccc32)cc1)[C@@H]1CCNC1. The molecule has 5 nitrogen and oxygen atoms in total. The molecule has 1 N–H and O–H groups in total. The largest absolute Gasteiger partial charge is 0.346 e. The van der Waals surface area contributed by atoms with E-state index in [1.807, 2.05) is 36.7 Å². The summed E-state index contributed by atoms with van der Waals surface area (Å²) in [6.45, 7) is 6.00. The van der Waals surface area contributed by atoms with Crippen molar-refractivity contribution in [2.24, 2.45) is 0 Å². The number of likely N-dealkylation sites (tertiary alicyclic amines) is 1. The Labute approximate surface area is 171 Å². The topological polar surface area (TPSA) is 46.9 Å². The molecule has 2 aliphatic rings. The Morgan fingerprint density at radius 2 is 2.00 bits per heavy atom. The van der Waals surface area contributed by atoms with E-state index in [0.717, 1.165) is 62.0 Å². The third-order valence-electron chi connectivity index (χ3n) is 7.08. The number of quaternary nitrogens is 1. The van der Waals surface area contributed by atoms with Crippen molar-refractivity contribution in [1.29, 1.82) is 0 Å². The van der Waals surface area contributed by atoms with E-state index in [4.69, 9.17) is 0 Å². The lowest BCUT2D eigenvalue weighted by molar-refractivity contribution is -0.881. The molecular weight excluding hydrogens is 360 g/mol. The maximum atomic E-state index is 13.7. The summed E-state index contributed by atoms with van der Waals surface area (Å²) in [5.74, 6) is 0.309. The Kier molecular flexibility index (Phi) is 4.72. The van der Waals surface area contributed by atoms with Crippen molar-refractivity contribution in [1.82, 2.24) is 14.9 Å². The van der Waals surface area contributed by atoms with Crippen LogP contribution in [0.5, 0.6) is 0 Å². The molecule has 1 amide bonds. The number of hydrogen-bond donors (Lipinski definition) is 1. The molecule has 5 heteroatoms. The van der Waals surface area contributed by atoms with Gasteiger partial charge in [0.25, 0.3) is 0 Å². The highest BCUT2D eigenvalue weighted by molar-refractivity contribution is 5.89. The van der Waals surface area contributed by atoms with Gasteiger partial charge in [-0.1, -0.05) is 24.3 Å². The number of carbonyl (C=O) groups is 1. The van der Waals surface area contributed by atoms with E-state index in [2.05, 4.69) is 40.0 Å². The highest BCUT2D eigenvalue weighted by atomic mass is 16.2. The third-order valence-corrected chi connectivity index (χ3v) is 7.08. The van der Waals surface area contributed by atoms with Gasteiger partial charge in [0.1, 0.15) is 6.04 Å². The summed E-state index contributed by atoms with van der Waals surface area (Å²) in [6.07, 6.45) is 5.29. The standard InChI is InChI=1S/C24H29N4O/c1-18-5-4-14-28(18,21-12-13-25-15-21)24(29)20-10-8-19(9-11-20)16-27-17-26-22-6-2-3-7-23(22)27/h2-3,6-11,17-18,21,25H,4-5,12-16H2,1H3/q+1/t18-,21-,28?/m1/s1. The lowest BCUT2D eigenvalue weighted by Gasteiger charge is -2.41. The fourth-order valence-electron chi connectivity index (χ4n) is 5.47. The van der Waals surface area contributed by atoms with Crippen LogP contribution in [0.2, 0.25) is 0 Å². The van der Waals surface area contributed by atoms with Gasteiger partial charge >= 0.3 is 5.91 Å². The summed E-state index contributed by atoms with van der Waals surface area (Å²) in [7, 11) is 0. The quantitative estimate of drug-likeness (QED) is 0.694. The van der Waals surface area contributed by atoms with Crippen molar-refractivity contribution < 1.29 is 9.28 Å². The maximum absolute atomic E-state index is 13.7. The fraction of sp³-hybridized carbons (Fsp3) is 0.417. The second-order valence-corrected chi connectivity index (χ2v) is 8.66. The minimum Gasteiger partial charge on any atom is -0.326 e. The van der Waals surface area contributed by atoms with Gasteiger partial charge in [-0.05, 0) is 36.8 Å². The zero-order valence-corrected chi connectivity index (χ0v) is 17.1. The van der Waals surface area contributed by atoms with Gasteiger partial charge in [-0.25, -0.2) is 9.78 Å². The summed E-state index contributed by atoms with van der Waals surface area (Å²) < 4.78 is 2.80. The molecule has 29 heavy (non-hydrogen) atoms. The highest BCUT2D eigenvalue weighted by Gasteiger charge is 2.52. The monoisotopic (exact) mass is 389 g/mol. The molecule has 1 aromatic heterocycles. The number of carbonyl (C=O) groups excluding carboxylic acids is 1. The first-order valence-corrected chi connectivity index (χ1v) is 10.8. The number of fused-ring (bicyclic) bond motifs is 1. The molecular formula is C24H29N4O+. The lowest BCUT2D eigenvalue weighted by Crippen LogP contribution is -2.61. The number of benzene rings is 2. The molecule has 2 aromatic carbocycles. The summed E-state index contributed by atoms with van der Waals surface area (Å²) in [5, 5.41) is 3.47. The minimum absolute atomic E-state index is 0.309. The van der Waals surface area contributed by atoms with E-state index < -0.39 is 0 Å². The Morgan fingerprint density at radius 1 is 1.17 bits per heavy atom. The van der Waals surface area contributed by atoms with Gasteiger partial charge in [-0.3, -0.25) is 4.48 Å². The Morgan fingerprint density at radius 3 is 2.72 bits per heavy atom. The van der Waals surface area contributed by atoms with E-state index in [1.165, 1.54) is 5.56 Å². The second kappa shape index (κ2) is 7.39. The second-order valence-electron chi connectivity index (χ2n) is 8.66. The van der Waals surface area contributed by atoms with E-state index in [9.17, 15) is 4.79 Å². The zero-order chi connectivity index (χ0) is 19.8. The average Bonchev–Trinajstić information content (AvgIpc) is 3.49. The number of rotatable bonds is 4. The summed E-state index contributed by atoms with van der Waals surface area (Å²) in [6, 6.07) is 17.3. The van der Waals surface area contributed by atoms with Crippen LogP contribution in [0.3, 0.4) is 0 Å². The molecule has 0 spiro atoms. The van der Waals surface area contributed by atoms with Crippen LogP contribution in [0.15, 0.2) is 54.9 Å². The first kappa shape index (κ1) is 18.5. The van der Waals surface area contributed by atoms with Crippen molar-refractivity contribution in [2.75, 3.05) is 19.6 Å².